The van der Waals surface area contributed by atoms with E-state index in [0.29, 0.717) is 6.54 Å². The van der Waals surface area contributed by atoms with E-state index < -0.39 is 11.5 Å². The number of rotatable bonds is 3. The van der Waals surface area contributed by atoms with Crippen LogP contribution in [-0.4, -0.2) is 29.7 Å². The minimum absolute atomic E-state index is 0.0547. The quantitative estimate of drug-likeness (QED) is 0.625. The van der Waals surface area contributed by atoms with Crippen molar-refractivity contribution in [3.05, 3.63) is 0 Å². The van der Waals surface area contributed by atoms with Crippen molar-refractivity contribution in [3.63, 3.8) is 0 Å². The van der Waals surface area contributed by atoms with E-state index in [9.17, 15) is 9.90 Å². The molecule has 1 amide bonds. The van der Waals surface area contributed by atoms with E-state index in [1.807, 2.05) is 13.8 Å². The number of carbonyl (C=O) groups is 1. The molecule has 16 heavy (non-hydrogen) atoms. The van der Waals surface area contributed by atoms with Gasteiger partial charge in [0.05, 0.1) is 17.6 Å². The molecule has 0 aromatic rings. The van der Waals surface area contributed by atoms with Crippen molar-refractivity contribution >= 4 is 5.91 Å². The Morgan fingerprint density at radius 1 is 1.38 bits per heavy atom. The molecule has 94 valence electrons. The van der Waals surface area contributed by atoms with Crippen LogP contribution in [0.2, 0.25) is 0 Å². The van der Waals surface area contributed by atoms with Crippen LogP contribution in [0, 0.1) is 5.41 Å². The lowest BCUT2D eigenvalue weighted by Crippen LogP contribution is -2.49. The standard InChI is InChI=1S/C12H24N2O2/c1-12(2,8-13)11(16)14-9-6-4-3-5-7-10(9)15/h9-10,15H,3-8,13H2,1-2H3,(H,14,16). The third kappa shape index (κ3) is 3.46. The van der Waals surface area contributed by atoms with Crippen LogP contribution in [-0.2, 0) is 4.79 Å². The van der Waals surface area contributed by atoms with Gasteiger partial charge in [-0.2, -0.15) is 0 Å². The molecule has 1 fully saturated rings. The molecule has 1 aliphatic rings. The maximum absolute atomic E-state index is 11.9. The highest BCUT2D eigenvalue weighted by Crippen LogP contribution is 2.20. The van der Waals surface area contributed by atoms with Crippen LogP contribution in [0.4, 0.5) is 0 Å². The number of carbonyl (C=O) groups excluding carboxylic acids is 1. The molecule has 4 nitrogen and oxygen atoms in total. The molecule has 2 unspecified atom stereocenters. The Morgan fingerprint density at radius 2 is 2.00 bits per heavy atom. The van der Waals surface area contributed by atoms with Gasteiger partial charge in [-0.3, -0.25) is 4.79 Å². The van der Waals surface area contributed by atoms with Crippen molar-refractivity contribution in [2.24, 2.45) is 11.1 Å². The van der Waals surface area contributed by atoms with Gasteiger partial charge in [0, 0.05) is 6.54 Å². The molecule has 0 bridgehead atoms. The minimum Gasteiger partial charge on any atom is -0.391 e. The molecule has 4 heteroatoms. The predicted molar refractivity (Wildman–Crippen MR) is 63.9 cm³/mol. The number of aliphatic hydroxyl groups excluding tert-OH is 1. The van der Waals surface area contributed by atoms with Gasteiger partial charge in [-0.25, -0.2) is 0 Å². The van der Waals surface area contributed by atoms with Crippen LogP contribution in [0.1, 0.15) is 46.0 Å². The average Bonchev–Trinajstić information content (AvgIpc) is 2.44. The van der Waals surface area contributed by atoms with Crippen molar-refractivity contribution in [2.45, 2.75) is 58.1 Å². The van der Waals surface area contributed by atoms with Crippen molar-refractivity contribution in [1.29, 1.82) is 0 Å². The lowest BCUT2D eigenvalue weighted by molar-refractivity contribution is -0.130. The zero-order valence-corrected chi connectivity index (χ0v) is 10.3. The predicted octanol–water partition coefficient (Wildman–Crippen LogP) is 0.781. The summed E-state index contributed by atoms with van der Waals surface area (Å²) in [6, 6.07) is -0.0965. The van der Waals surface area contributed by atoms with E-state index in [4.69, 9.17) is 5.73 Å². The first-order valence-corrected chi connectivity index (χ1v) is 6.16. The lowest BCUT2D eigenvalue weighted by atomic mass is 9.91. The van der Waals surface area contributed by atoms with Gasteiger partial charge in [0.25, 0.3) is 0 Å². The Balaban J connectivity index is 2.54. The molecular weight excluding hydrogens is 204 g/mol. The van der Waals surface area contributed by atoms with E-state index in [2.05, 4.69) is 5.32 Å². The molecule has 2 atom stereocenters. The third-order valence-electron chi connectivity index (χ3n) is 3.42. The van der Waals surface area contributed by atoms with Gasteiger partial charge in [-0.05, 0) is 26.7 Å². The molecule has 1 rings (SSSR count). The highest BCUT2D eigenvalue weighted by molar-refractivity contribution is 5.82. The summed E-state index contributed by atoms with van der Waals surface area (Å²) in [4.78, 5) is 11.9. The minimum atomic E-state index is -0.550. The summed E-state index contributed by atoms with van der Waals surface area (Å²) in [6.45, 7) is 3.97. The molecule has 4 N–H and O–H groups in total. The van der Waals surface area contributed by atoms with Crippen LogP contribution < -0.4 is 11.1 Å². The number of hydrogen-bond donors (Lipinski definition) is 3. The lowest BCUT2D eigenvalue weighted by Gasteiger charge is -2.28. The van der Waals surface area contributed by atoms with Gasteiger partial charge in [0.15, 0.2) is 0 Å². The molecular formula is C12H24N2O2. The van der Waals surface area contributed by atoms with Crippen LogP contribution >= 0.6 is 0 Å². The van der Waals surface area contributed by atoms with E-state index in [0.717, 1.165) is 32.1 Å². The second-order valence-electron chi connectivity index (χ2n) is 5.37. The molecule has 1 saturated carbocycles. The summed E-state index contributed by atoms with van der Waals surface area (Å²) in [5, 5.41) is 12.8. The summed E-state index contributed by atoms with van der Waals surface area (Å²) in [7, 11) is 0. The van der Waals surface area contributed by atoms with E-state index in [1.54, 1.807) is 0 Å². The molecule has 0 aliphatic heterocycles. The first kappa shape index (κ1) is 13.5. The Hall–Kier alpha value is -0.610. The number of amides is 1. The van der Waals surface area contributed by atoms with Crippen LogP contribution in [0.3, 0.4) is 0 Å². The van der Waals surface area contributed by atoms with Crippen molar-refractivity contribution in [1.82, 2.24) is 5.32 Å². The van der Waals surface area contributed by atoms with Crippen molar-refractivity contribution in [3.8, 4) is 0 Å². The Kier molecular flexibility index (Phi) is 4.74. The van der Waals surface area contributed by atoms with Gasteiger partial charge in [-0.1, -0.05) is 19.3 Å². The van der Waals surface area contributed by atoms with Crippen LogP contribution in [0.15, 0.2) is 0 Å². The Morgan fingerprint density at radius 3 is 2.62 bits per heavy atom. The number of hydrogen-bond acceptors (Lipinski definition) is 3. The molecule has 0 spiro atoms. The maximum Gasteiger partial charge on any atom is 0.227 e. The smallest absolute Gasteiger partial charge is 0.227 e. The van der Waals surface area contributed by atoms with Crippen LogP contribution in [0.25, 0.3) is 0 Å². The second-order valence-corrected chi connectivity index (χ2v) is 5.37. The monoisotopic (exact) mass is 228 g/mol. The zero-order valence-electron chi connectivity index (χ0n) is 10.3. The number of aliphatic hydroxyl groups is 1. The summed E-state index contributed by atoms with van der Waals surface area (Å²) >= 11 is 0. The largest absolute Gasteiger partial charge is 0.391 e. The SMILES string of the molecule is CC(C)(CN)C(=O)NC1CCCCCC1O. The van der Waals surface area contributed by atoms with Gasteiger partial charge >= 0.3 is 0 Å². The highest BCUT2D eigenvalue weighted by Gasteiger charge is 2.30. The summed E-state index contributed by atoms with van der Waals surface area (Å²) in [5.74, 6) is -0.0547. The molecule has 0 heterocycles. The molecule has 0 saturated heterocycles. The van der Waals surface area contributed by atoms with E-state index in [1.165, 1.54) is 0 Å². The van der Waals surface area contributed by atoms with Gasteiger partial charge in [0.2, 0.25) is 5.91 Å². The van der Waals surface area contributed by atoms with Gasteiger partial charge in [-0.15, -0.1) is 0 Å². The fourth-order valence-electron chi connectivity index (χ4n) is 1.91. The zero-order chi connectivity index (χ0) is 12.2. The van der Waals surface area contributed by atoms with Gasteiger partial charge in [0.1, 0.15) is 0 Å². The van der Waals surface area contributed by atoms with E-state index >= 15 is 0 Å². The topological polar surface area (TPSA) is 75.4 Å². The fraction of sp³-hybridized carbons (Fsp3) is 0.917. The number of nitrogens with two attached hydrogens (primary N) is 1. The van der Waals surface area contributed by atoms with Crippen molar-refractivity contribution in [2.75, 3.05) is 6.54 Å². The third-order valence-corrected chi connectivity index (χ3v) is 3.42. The Labute approximate surface area is 97.6 Å². The molecule has 0 aromatic heterocycles. The second kappa shape index (κ2) is 5.64. The summed E-state index contributed by atoms with van der Waals surface area (Å²) in [5.41, 5.74) is 5.00. The van der Waals surface area contributed by atoms with Gasteiger partial charge < -0.3 is 16.2 Å². The summed E-state index contributed by atoms with van der Waals surface area (Å²) in [6.07, 6.45) is 4.52. The Bertz CT molecular complexity index is 241. The first-order chi connectivity index (χ1) is 7.47. The summed E-state index contributed by atoms with van der Waals surface area (Å²) < 4.78 is 0. The maximum atomic E-state index is 11.9. The van der Waals surface area contributed by atoms with E-state index in [-0.39, 0.29) is 11.9 Å². The van der Waals surface area contributed by atoms with Crippen LogP contribution in [0.5, 0.6) is 0 Å². The first-order valence-electron chi connectivity index (χ1n) is 6.16. The highest BCUT2D eigenvalue weighted by atomic mass is 16.3. The molecule has 1 aliphatic carbocycles. The molecule has 0 aromatic carbocycles. The van der Waals surface area contributed by atoms with Crippen molar-refractivity contribution < 1.29 is 9.90 Å². The number of nitrogens with one attached hydrogen (secondary N) is 1. The average molecular weight is 228 g/mol. The molecule has 0 radical (unpaired) electrons. The normalized spacial score (nSPS) is 27.2. The fourth-order valence-corrected chi connectivity index (χ4v) is 1.91.